The van der Waals surface area contributed by atoms with Crippen molar-refractivity contribution in [1.82, 2.24) is 0 Å². The van der Waals surface area contributed by atoms with Crippen molar-refractivity contribution in [3.05, 3.63) is 191 Å². The van der Waals surface area contributed by atoms with Gasteiger partial charge >= 0.3 is 0 Å². The lowest BCUT2D eigenvalue weighted by Gasteiger charge is -2.24. The van der Waals surface area contributed by atoms with Crippen molar-refractivity contribution in [1.29, 1.82) is 0 Å². The molecule has 0 bridgehead atoms. The van der Waals surface area contributed by atoms with Crippen molar-refractivity contribution in [3.8, 4) is 66.8 Å². The molecule has 0 unspecified atom stereocenters. The number of hydrogen-bond acceptors (Lipinski definition) is 0. The fourth-order valence-corrected chi connectivity index (χ4v) is 10.8. The molecule has 11 rings (SSSR count). The first-order valence-electron chi connectivity index (χ1n) is 20.3. The zero-order chi connectivity index (χ0) is 38.3. The largest absolute Gasteiger partial charge is 0.0619 e. The highest BCUT2D eigenvalue weighted by Gasteiger charge is 2.39. The monoisotopic (exact) mass is 718 g/mol. The average molecular weight is 719 g/mol. The average Bonchev–Trinajstić information content (AvgIpc) is 3.69. The van der Waals surface area contributed by atoms with Gasteiger partial charge in [-0.15, -0.1) is 0 Å². The molecule has 0 heteroatoms. The molecule has 8 aromatic carbocycles. The van der Waals surface area contributed by atoms with Crippen LogP contribution in [0.2, 0.25) is 0 Å². The van der Waals surface area contributed by atoms with Crippen molar-refractivity contribution in [2.45, 2.75) is 64.7 Å². The Balaban J connectivity index is 0.929. The number of hydrogen-bond donors (Lipinski definition) is 0. The summed E-state index contributed by atoms with van der Waals surface area (Å²) >= 11 is 0. The summed E-state index contributed by atoms with van der Waals surface area (Å²) in [5.74, 6) is 0. The zero-order valence-corrected chi connectivity index (χ0v) is 33.4. The smallest absolute Gasteiger partial charge is 0.0159 e. The topological polar surface area (TPSA) is 0 Å². The predicted octanol–water partition coefficient (Wildman–Crippen LogP) is 15.1. The Hall–Kier alpha value is -5.98. The summed E-state index contributed by atoms with van der Waals surface area (Å²) in [5, 5.41) is 2.62. The summed E-state index contributed by atoms with van der Waals surface area (Å²) < 4.78 is 0. The Morgan fingerprint density at radius 2 is 0.625 bits per heavy atom. The fraction of sp³-hybridized carbons (Fsp3) is 0.179. The lowest BCUT2D eigenvalue weighted by atomic mass is 9.79. The van der Waals surface area contributed by atoms with E-state index in [1.807, 2.05) is 0 Å². The third kappa shape index (κ3) is 4.48. The molecular weight excluding hydrogens is 673 g/mol. The van der Waals surface area contributed by atoms with Crippen LogP contribution in [0.15, 0.2) is 152 Å². The van der Waals surface area contributed by atoms with E-state index >= 15 is 0 Å². The first-order valence-corrected chi connectivity index (χ1v) is 20.3. The maximum absolute atomic E-state index is 2.47. The minimum atomic E-state index is -0.119. The van der Waals surface area contributed by atoms with E-state index in [0.29, 0.717) is 0 Å². The Kier molecular flexibility index (Phi) is 6.73. The first kappa shape index (κ1) is 33.4. The quantitative estimate of drug-likeness (QED) is 0.171. The van der Waals surface area contributed by atoms with Gasteiger partial charge in [0, 0.05) is 16.2 Å². The molecule has 0 aromatic heterocycles. The van der Waals surface area contributed by atoms with Crippen LogP contribution in [0, 0.1) is 6.92 Å². The Labute approximate surface area is 331 Å². The van der Waals surface area contributed by atoms with Crippen molar-refractivity contribution in [2.24, 2.45) is 0 Å². The van der Waals surface area contributed by atoms with Gasteiger partial charge in [-0.25, -0.2) is 0 Å². The van der Waals surface area contributed by atoms with E-state index < -0.39 is 0 Å². The maximum atomic E-state index is 2.47. The summed E-state index contributed by atoms with van der Waals surface area (Å²) in [5.41, 5.74) is 25.5. The van der Waals surface area contributed by atoms with Crippen molar-refractivity contribution in [3.63, 3.8) is 0 Å². The SMILES string of the molecule is Cc1c(-c2ccc3c(c2)C(C)(C)c2cc(-c4ccc5c(c4)C(C)(C)c4cc(-c6ccc7c(c6)C(C)(C)c6ccccc6-7)ccc4-5)ccc2-3)ccc2ccccc12. The van der Waals surface area contributed by atoms with E-state index in [9.17, 15) is 0 Å². The van der Waals surface area contributed by atoms with Gasteiger partial charge in [-0.2, -0.15) is 0 Å². The Bertz CT molecular complexity index is 3000. The van der Waals surface area contributed by atoms with Gasteiger partial charge in [0.1, 0.15) is 0 Å². The maximum Gasteiger partial charge on any atom is 0.0159 e. The lowest BCUT2D eigenvalue weighted by Crippen LogP contribution is -2.16. The molecule has 270 valence electrons. The third-order valence-electron chi connectivity index (χ3n) is 14.1. The van der Waals surface area contributed by atoms with Crippen LogP contribution in [0.25, 0.3) is 77.5 Å². The summed E-state index contributed by atoms with van der Waals surface area (Å²) in [4.78, 5) is 0. The number of rotatable bonds is 3. The molecule has 0 saturated heterocycles. The van der Waals surface area contributed by atoms with E-state index in [2.05, 4.69) is 200 Å². The molecular formula is C56H46. The Morgan fingerprint density at radius 3 is 1.11 bits per heavy atom. The van der Waals surface area contributed by atoms with Crippen molar-refractivity contribution < 1.29 is 0 Å². The Morgan fingerprint density at radius 1 is 0.286 bits per heavy atom. The number of fused-ring (bicyclic) bond motifs is 10. The second-order valence-corrected chi connectivity index (χ2v) is 18.2. The highest BCUT2D eigenvalue weighted by atomic mass is 14.4. The molecule has 0 fully saturated rings. The van der Waals surface area contributed by atoms with Gasteiger partial charge in [-0.3, -0.25) is 0 Å². The van der Waals surface area contributed by atoms with Gasteiger partial charge in [-0.05, 0) is 154 Å². The summed E-state index contributed by atoms with van der Waals surface area (Å²) in [6.07, 6.45) is 0. The molecule has 0 radical (unpaired) electrons. The highest BCUT2D eigenvalue weighted by Crippen LogP contribution is 2.54. The third-order valence-corrected chi connectivity index (χ3v) is 14.1. The van der Waals surface area contributed by atoms with Gasteiger partial charge < -0.3 is 0 Å². The van der Waals surface area contributed by atoms with Crippen LogP contribution in [0.5, 0.6) is 0 Å². The van der Waals surface area contributed by atoms with Crippen LogP contribution in [-0.2, 0) is 16.2 Å². The van der Waals surface area contributed by atoms with Crippen molar-refractivity contribution >= 4 is 10.8 Å². The standard InChI is InChI=1S/C56H46/c1-33-40-13-9-8-12-34(40)16-22-41(33)39-21-27-47-46-26-20-38(31-52(46)56(6,7)53(47)32-39)37-19-25-45-44-24-18-36(29-50(44)55(4,5)51(45)30-37)35-17-23-43-42-14-10-11-15-48(42)54(2,3)49(43)28-35/h8-32H,1-7H3. The molecule has 0 amide bonds. The summed E-state index contributed by atoms with van der Waals surface area (Å²) in [6.45, 7) is 16.6. The van der Waals surface area contributed by atoms with Gasteiger partial charge in [-0.1, -0.05) is 163 Å². The van der Waals surface area contributed by atoms with Crippen molar-refractivity contribution in [2.75, 3.05) is 0 Å². The minimum absolute atomic E-state index is 0.0138. The molecule has 8 aromatic rings. The van der Waals surface area contributed by atoms with Gasteiger partial charge in [0.2, 0.25) is 0 Å². The van der Waals surface area contributed by atoms with Crippen LogP contribution in [-0.4, -0.2) is 0 Å². The first-order chi connectivity index (χ1) is 26.9. The van der Waals surface area contributed by atoms with Gasteiger partial charge in [0.25, 0.3) is 0 Å². The summed E-state index contributed by atoms with van der Waals surface area (Å²) in [7, 11) is 0. The second kappa shape index (κ2) is 11.3. The fourth-order valence-electron chi connectivity index (χ4n) is 10.8. The molecule has 0 saturated carbocycles. The summed E-state index contributed by atoms with van der Waals surface area (Å²) in [6, 6.07) is 58.0. The predicted molar refractivity (Wildman–Crippen MR) is 238 cm³/mol. The highest BCUT2D eigenvalue weighted by molar-refractivity contribution is 5.94. The second-order valence-electron chi connectivity index (χ2n) is 18.2. The molecule has 0 nitrogen and oxygen atoms in total. The molecule has 0 heterocycles. The van der Waals surface area contributed by atoms with Crippen LogP contribution < -0.4 is 0 Å². The molecule has 3 aliphatic carbocycles. The van der Waals surface area contributed by atoms with E-state index in [0.717, 1.165) is 0 Å². The van der Waals surface area contributed by atoms with Crippen LogP contribution >= 0.6 is 0 Å². The van der Waals surface area contributed by atoms with E-state index in [4.69, 9.17) is 0 Å². The molecule has 0 spiro atoms. The van der Waals surface area contributed by atoms with Crippen LogP contribution in [0.3, 0.4) is 0 Å². The molecule has 0 aliphatic heterocycles. The molecule has 0 N–H and O–H groups in total. The lowest BCUT2D eigenvalue weighted by molar-refractivity contribution is 0.659. The minimum Gasteiger partial charge on any atom is -0.0619 e. The van der Waals surface area contributed by atoms with Gasteiger partial charge in [0.15, 0.2) is 0 Å². The van der Waals surface area contributed by atoms with Crippen LogP contribution in [0.1, 0.15) is 80.5 Å². The normalized spacial score (nSPS) is 15.8. The van der Waals surface area contributed by atoms with E-state index in [-0.39, 0.29) is 16.2 Å². The molecule has 3 aliphatic rings. The number of benzene rings is 8. The number of aryl methyl sites for hydroxylation is 1. The van der Waals surface area contributed by atoms with Gasteiger partial charge in [0.05, 0.1) is 0 Å². The zero-order valence-electron chi connectivity index (χ0n) is 33.4. The molecule has 0 atom stereocenters. The van der Waals surface area contributed by atoms with E-state index in [1.54, 1.807) is 0 Å². The van der Waals surface area contributed by atoms with Crippen LogP contribution in [0.4, 0.5) is 0 Å². The molecule has 56 heavy (non-hydrogen) atoms. The van der Waals surface area contributed by atoms with E-state index in [1.165, 1.54) is 116 Å².